The fourth-order valence-electron chi connectivity index (χ4n) is 3.74. The van der Waals surface area contributed by atoms with Crippen LogP contribution < -0.4 is 0 Å². The van der Waals surface area contributed by atoms with Crippen LogP contribution in [0.25, 0.3) is 43.9 Å². The monoisotopic (exact) mass is 610 g/mol. The number of halogens is 3. The molecular formula is C24H13BrCl2O6S2. The molecule has 0 aliphatic heterocycles. The summed E-state index contributed by atoms with van der Waals surface area (Å²) >= 11 is 3.39. The molecule has 0 saturated carbocycles. The highest BCUT2D eigenvalue weighted by atomic mass is 79.9. The van der Waals surface area contributed by atoms with E-state index in [0.717, 1.165) is 31.6 Å². The average Bonchev–Trinajstić information content (AvgIpc) is 3.35. The lowest BCUT2D eigenvalue weighted by Gasteiger charge is -1.95. The Morgan fingerprint density at radius 2 is 1.03 bits per heavy atom. The van der Waals surface area contributed by atoms with Crippen LogP contribution in [-0.2, 0) is 18.1 Å². The molecule has 4 aromatic carbocycles. The molecule has 0 aliphatic carbocycles. The van der Waals surface area contributed by atoms with E-state index in [0.29, 0.717) is 16.7 Å². The summed E-state index contributed by atoms with van der Waals surface area (Å²) in [5.74, 6) is 0. The summed E-state index contributed by atoms with van der Waals surface area (Å²) in [6.07, 6.45) is 0. The van der Waals surface area contributed by atoms with E-state index in [2.05, 4.69) is 15.9 Å². The zero-order valence-electron chi connectivity index (χ0n) is 17.4. The third kappa shape index (κ3) is 4.79. The van der Waals surface area contributed by atoms with Crippen molar-refractivity contribution in [2.24, 2.45) is 0 Å². The first-order valence-electron chi connectivity index (χ1n) is 9.93. The molecule has 6 aromatic rings. The van der Waals surface area contributed by atoms with Crippen molar-refractivity contribution >= 4 is 99.3 Å². The van der Waals surface area contributed by atoms with E-state index in [1.165, 1.54) is 24.3 Å². The summed E-state index contributed by atoms with van der Waals surface area (Å²) in [7, 11) is 3.14. The van der Waals surface area contributed by atoms with Crippen LogP contribution in [0.5, 0.6) is 0 Å². The minimum atomic E-state index is -3.74. The van der Waals surface area contributed by atoms with E-state index in [1.54, 1.807) is 12.1 Å². The highest BCUT2D eigenvalue weighted by molar-refractivity contribution is 9.10. The molecule has 0 aliphatic rings. The van der Waals surface area contributed by atoms with Gasteiger partial charge in [-0.15, -0.1) is 0 Å². The summed E-state index contributed by atoms with van der Waals surface area (Å²) in [4.78, 5) is 0.0838. The standard InChI is InChI=1S/C12H6BrClO3S.C12H7ClO3S/c13-7-1-4-11-10(5-7)9-3-2-8(18(14,15)16)6-12(9)17-11;13-17(14,15)8-5-6-10-9-3-1-2-4-11(9)16-12(10)7-8/h1-6H;1-7H. The number of fused-ring (bicyclic) bond motifs is 6. The summed E-state index contributed by atoms with van der Waals surface area (Å²) in [5.41, 5.74) is 2.46. The van der Waals surface area contributed by atoms with Crippen LogP contribution in [0.4, 0.5) is 0 Å². The minimum Gasteiger partial charge on any atom is -0.456 e. The Morgan fingerprint density at radius 3 is 1.60 bits per heavy atom. The molecule has 0 amide bonds. The second kappa shape index (κ2) is 8.83. The van der Waals surface area contributed by atoms with Gasteiger partial charge in [-0.3, -0.25) is 0 Å². The molecule has 2 aromatic heterocycles. The quantitative estimate of drug-likeness (QED) is 0.185. The largest absolute Gasteiger partial charge is 0.456 e. The summed E-state index contributed by atoms with van der Waals surface area (Å²) in [5, 5.41) is 3.62. The first-order valence-corrected chi connectivity index (χ1v) is 15.3. The molecule has 0 bridgehead atoms. The van der Waals surface area contributed by atoms with E-state index in [1.807, 2.05) is 42.5 Å². The lowest BCUT2D eigenvalue weighted by Crippen LogP contribution is -1.88. The fourth-order valence-corrected chi connectivity index (χ4v) is 5.63. The van der Waals surface area contributed by atoms with Crippen LogP contribution in [0.15, 0.2) is 102 Å². The second-order valence-electron chi connectivity index (χ2n) is 7.53. The zero-order valence-corrected chi connectivity index (χ0v) is 22.1. The normalized spacial score (nSPS) is 12.3. The van der Waals surface area contributed by atoms with Crippen molar-refractivity contribution in [3.05, 3.63) is 83.3 Å². The van der Waals surface area contributed by atoms with Gasteiger partial charge in [0.1, 0.15) is 22.3 Å². The van der Waals surface area contributed by atoms with Gasteiger partial charge in [-0.2, -0.15) is 0 Å². The van der Waals surface area contributed by atoms with Crippen LogP contribution in [-0.4, -0.2) is 16.8 Å². The summed E-state index contributed by atoms with van der Waals surface area (Å²) in [6, 6.07) is 22.4. The van der Waals surface area contributed by atoms with Gasteiger partial charge < -0.3 is 8.83 Å². The molecule has 6 rings (SSSR count). The smallest absolute Gasteiger partial charge is 0.261 e. The molecule has 6 nitrogen and oxygen atoms in total. The van der Waals surface area contributed by atoms with Gasteiger partial charge in [0.2, 0.25) is 0 Å². The number of furan rings is 2. The molecule has 178 valence electrons. The van der Waals surface area contributed by atoms with E-state index in [4.69, 9.17) is 30.2 Å². The lowest BCUT2D eigenvalue weighted by atomic mass is 10.1. The van der Waals surface area contributed by atoms with Crippen molar-refractivity contribution in [1.29, 1.82) is 0 Å². The van der Waals surface area contributed by atoms with Gasteiger partial charge in [-0.1, -0.05) is 34.1 Å². The third-order valence-electron chi connectivity index (χ3n) is 5.32. The molecular weight excluding hydrogens is 599 g/mol. The first kappa shape index (κ1) is 24.1. The molecule has 2 heterocycles. The van der Waals surface area contributed by atoms with E-state index in [9.17, 15) is 16.8 Å². The molecule has 0 saturated heterocycles. The van der Waals surface area contributed by atoms with Gasteiger partial charge >= 0.3 is 0 Å². The predicted octanol–water partition coefficient (Wildman–Crippen LogP) is 7.79. The Labute approximate surface area is 217 Å². The highest BCUT2D eigenvalue weighted by Gasteiger charge is 2.15. The molecule has 0 radical (unpaired) electrons. The average molecular weight is 612 g/mol. The van der Waals surface area contributed by atoms with Crippen LogP contribution in [0.2, 0.25) is 0 Å². The van der Waals surface area contributed by atoms with Crippen molar-refractivity contribution in [2.75, 3.05) is 0 Å². The molecule has 0 fully saturated rings. The van der Waals surface area contributed by atoms with E-state index in [-0.39, 0.29) is 9.79 Å². The van der Waals surface area contributed by atoms with Gasteiger partial charge in [0.15, 0.2) is 0 Å². The molecule has 11 heteroatoms. The number of rotatable bonds is 2. The number of hydrogen-bond donors (Lipinski definition) is 0. The maximum absolute atomic E-state index is 11.3. The molecule has 0 unspecified atom stereocenters. The maximum atomic E-state index is 11.3. The lowest BCUT2D eigenvalue weighted by molar-refractivity contribution is 0.607. The topological polar surface area (TPSA) is 94.6 Å². The van der Waals surface area contributed by atoms with Crippen LogP contribution in [0.3, 0.4) is 0 Å². The predicted molar refractivity (Wildman–Crippen MR) is 141 cm³/mol. The van der Waals surface area contributed by atoms with Crippen LogP contribution in [0.1, 0.15) is 0 Å². The summed E-state index contributed by atoms with van der Waals surface area (Å²) < 4.78 is 57.1. The van der Waals surface area contributed by atoms with Crippen molar-refractivity contribution in [3.63, 3.8) is 0 Å². The number of para-hydroxylation sites is 1. The van der Waals surface area contributed by atoms with Gasteiger partial charge in [-0.25, -0.2) is 16.8 Å². The number of benzene rings is 4. The van der Waals surface area contributed by atoms with Crippen molar-refractivity contribution in [2.45, 2.75) is 9.79 Å². The fraction of sp³-hybridized carbons (Fsp3) is 0. The van der Waals surface area contributed by atoms with Gasteiger partial charge in [0.05, 0.1) is 9.79 Å². The Hall–Kier alpha value is -2.56. The first-order chi connectivity index (χ1) is 16.5. The minimum absolute atomic E-state index is 0.0368. The molecule has 35 heavy (non-hydrogen) atoms. The second-order valence-corrected chi connectivity index (χ2v) is 13.6. The molecule has 0 atom stereocenters. The maximum Gasteiger partial charge on any atom is 0.261 e. The summed E-state index contributed by atoms with van der Waals surface area (Å²) in [6.45, 7) is 0. The van der Waals surface area contributed by atoms with Gasteiger partial charge in [0.25, 0.3) is 18.1 Å². The van der Waals surface area contributed by atoms with Gasteiger partial charge in [-0.05, 0) is 48.5 Å². The van der Waals surface area contributed by atoms with Crippen LogP contribution in [0, 0.1) is 0 Å². The van der Waals surface area contributed by atoms with Crippen molar-refractivity contribution in [3.8, 4) is 0 Å². The molecule has 0 N–H and O–H groups in total. The zero-order chi connectivity index (χ0) is 25.0. The Kier molecular flexibility index (Phi) is 6.09. The Bertz CT molecular complexity index is 1980. The van der Waals surface area contributed by atoms with Gasteiger partial charge in [0, 0.05) is 59.5 Å². The van der Waals surface area contributed by atoms with E-state index >= 15 is 0 Å². The third-order valence-corrected chi connectivity index (χ3v) is 8.51. The van der Waals surface area contributed by atoms with Crippen LogP contribution >= 0.6 is 37.3 Å². The van der Waals surface area contributed by atoms with Crippen molar-refractivity contribution in [1.82, 2.24) is 0 Å². The van der Waals surface area contributed by atoms with E-state index < -0.39 is 18.1 Å². The van der Waals surface area contributed by atoms with Crippen molar-refractivity contribution < 1.29 is 25.7 Å². The highest BCUT2D eigenvalue weighted by Crippen LogP contribution is 2.33. The molecule has 0 spiro atoms. The number of hydrogen-bond acceptors (Lipinski definition) is 6. The SMILES string of the molecule is O=S(=O)(Cl)c1ccc2c(c1)oc1ccc(Br)cc12.O=S(=O)(Cl)c1ccc2c(c1)oc1ccccc12. The Balaban J connectivity index is 0.000000145. The Morgan fingerprint density at radius 1 is 0.543 bits per heavy atom.